The summed E-state index contributed by atoms with van der Waals surface area (Å²) in [6, 6.07) is 8.94. The van der Waals surface area contributed by atoms with Gasteiger partial charge in [-0.15, -0.1) is 0 Å². The third-order valence-corrected chi connectivity index (χ3v) is 10.1. The van der Waals surface area contributed by atoms with Gasteiger partial charge in [0.1, 0.15) is 27.2 Å². The van der Waals surface area contributed by atoms with E-state index in [-0.39, 0.29) is 11.5 Å². The Morgan fingerprint density at radius 2 is 1.44 bits per heavy atom. The van der Waals surface area contributed by atoms with E-state index in [2.05, 4.69) is 4.90 Å². The van der Waals surface area contributed by atoms with Gasteiger partial charge < -0.3 is 10.0 Å². The fraction of sp³-hybridized carbons (Fsp3) is 0.576. The van der Waals surface area contributed by atoms with Crippen LogP contribution in [0.3, 0.4) is 0 Å². The average Bonchev–Trinajstić information content (AvgIpc) is 3.11. The van der Waals surface area contributed by atoms with Crippen LogP contribution >= 0.6 is 0 Å². The molecule has 1 aliphatic rings. The van der Waals surface area contributed by atoms with Crippen molar-refractivity contribution in [3.8, 4) is 5.75 Å². The number of unbranched alkanes of at least 4 members (excludes halogenated alkanes) is 4. The molecule has 2 aromatic carbocycles. The van der Waals surface area contributed by atoms with Crippen molar-refractivity contribution in [1.29, 1.82) is 0 Å². The molecule has 0 spiro atoms. The van der Waals surface area contributed by atoms with Crippen LogP contribution < -0.4 is 0 Å². The molecule has 0 saturated heterocycles. The molecule has 0 radical (unpaired) electrons. The highest BCUT2D eigenvalue weighted by Crippen LogP contribution is 2.41. The predicted octanol–water partition coefficient (Wildman–Crippen LogP) is 8.97. The second kappa shape index (κ2) is 16.3. The van der Waals surface area contributed by atoms with Crippen LogP contribution in [0.15, 0.2) is 36.4 Å². The van der Waals surface area contributed by atoms with Gasteiger partial charge in [0.05, 0.1) is 11.5 Å². The van der Waals surface area contributed by atoms with E-state index in [4.69, 9.17) is 0 Å². The van der Waals surface area contributed by atoms with E-state index in [1.54, 1.807) is 12.1 Å². The summed E-state index contributed by atoms with van der Waals surface area (Å²) in [5.41, 5.74) is 4.31. The summed E-state index contributed by atoms with van der Waals surface area (Å²) in [4.78, 5) is 2.07. The maximum absolute atomic E-state index is 14.8. The minimum atomic E-state index is -5.68. The first kappa shape index (κ1) is 36.9. The highest BCUT2D eigenvalue weighted by molar-refractivity contribution is 7.91. The number of rotatable bonds is 17. The molecule has 45 heavy (non-hydrogen) atoms. The quantitative estimate of drug-likeness (QED) is 0.135. The van der Waals surface area contributed by atoms with Crippen LogP contribution in [0.5, 0.6) is 5.75 Å². The number of phenols is 1. The monoisotopic (exact) mass is 665 g/mol. The molecule has 252 valence electrons. The molecular formula is C33H42F7NO3S. The Hall–Kier alpha value is -2.60. The van der Waals surface area contributed by atoms with Gasteiger partial charge in [-0.3, -0.25) is 0 Å². The molecule has 1 N–H and O–H groups in total. The maximum Gasteiger partial charge on any atom is 0.453 e. The molecule has 0 atom stereocenters. The van der Waals surface area contributed by atoms with Gasteiger partial charge >= 0.3 is 12.1 Å². The van der Waals surface area contributed by atoms with Crippen molar-refractivity contribution < 1.29 is 44.3 Å². The summed E-state index contributed by atoms with van der Waals surface area (Å²) in [6.07, 6.45) is -0.584. The van der Waals surface area contributed by atoms with Crippen LogP contribution in [0.4, 0.5) is 30.7 Å². The summed E-state index contributed by atoms with van der Waals surface area (Å²) in [5, 5.41) is 10.0. The first-order chi connectivity index (χ1) is 21.1. The number of hydrogen-bond donors (Lipinski definition) is 1. The molecule has 12 heteroatoms. The molecule has 0 heterocycles. The van der Waals surface area contributed by atoms with Crippen LogP contribution in [0.25, 0.3) is 11.1 Å². The Labute approximate surface area is 261 Å². The first-order valence-corrected chi connectivity index (χ1v) is 17.2. The zero-order valence-corrected chi connectivity index (χ0v) is 26.4. The van der Waals surface area contributed by atoms with E-state index in [0.717, 1.165) is 73.4 Å². The number of aromatic hydroxyl groups is 1. The summed E-state index contributed by atoms with van der Waals surface area (Å²) in [7, 11) is -1.79. The van der Waals surface area contributed by atoms with E-state index in [9.17, 15) is 44.3 Å². The summed E-state index contributed by atoms with van der Waals surface area (Å²) in [6.45, 7) is 1.42. The molecule has 0 bridgehead atoms. The van der Waals surface area contributed by atoms with Gasteiger partial charge in [0.2, 0.25) is 0 Å². The predicted molar refractivity (Wildman–Crippen MR) is 163 cm³/mol. The molecular weight excluding hydrogens is 623 g/mol. The molecule has 0 saturated carbocycles. The minimum Gasteiger partial charge on any atom is -0.508 e. The smallest absolute Gasteiger partial charge is 0.453 e. The van der Waals surface area contributed by atoms with Gasteiger partial charge in [0, 0.05) is 18.1 Å². The number of phenolic OH excluding ortho intramolecular Hbond substituents is 1. The lowest BCUT2D eigenvalue weighted by molar-refractivity contribution is -0.284. The van der Waals surface area contributed by atoms with Gasteiger partial charge in [-0.05, 0) is 124 Å². The van der Waals surface area contributed by atoms with E-state index in [1.807, 2.05) is 13.1 Å². The van der Waals surface area contributed by atoms with Crippen LogP contribution in [0, 0.1) is 11.6 Å². The van der Waals surface area contributed by atoms with E-state index >= 15 is 0 Å². The SMILES string of the molecule is CN(CCCCCCC1=C(c2ccc(F)cc2F)CCCc2cc(O)ccc21)CCCCS(=O)(=O)CCCC(F)(F)C(F)(F)F. The Kier molecular flexibility index (Phi) is 13.3. The standard InChI is InChI=1S/C33H42F7NO3S/c1-41(19-6-7-20-45(43,44)21-9-17-32(36,37)33(38,39)40)18-5-3-2-4-11-28-27-16-14-26(42)22-24(27)10-8-12-29(28)30-15-13-25(34)23-31(30)35/h13-16,22-23,42H,2-12,17-21H2,1H3. The van der Waals surface area contributed by atoms with E-state index in [0.29, 0.717) is 37.8 Å². The van der Waals surface area contributed by atoms with Crippen molar-refractivity contribution in [1.82, 2.24) is 4.90 Å². The Morgan fingerprint density at radius 1 is 0.800 bits per heavy atom. The van der Waals surface area contributed by atoms with Crippen molar-refractivity contribution in [2.24, 2.45) is 0 Å². The zero-order chi connectivity index (χ0) is 33.3. The molecule has 3 rings (SSSR count). The van der Waals surface area contributed by atoms with Gasteiger partial charge in [-0.2, -0.15) is 22.0 Å². The highest BCUT2D eigenvalue weighted by atomic mass is 32.2. The number of benzene rings is 2. The normalized spacial score (nSPS) is 14.6. The lowest BCUT2D eigenvalue weighted by atomic mass is 9.88. The Bertz CT molecular complexity index is 1410. The molecule has 0 unspecified atom stereocenters. The molecule has 4 nitrogen and oxygen atoms in total. The lowest BCUT2D eigenvalue weighted by Crippen LogP contribution is -2.36. The highest BCUT2D eigenvalue weighted by Gasteiger charge is 2.56. The fourth-order valence-corrected chi connectivity index (χ4v) is 7.21. The fourth-order valence-electron chi connectivity index (χ4n) is 5.78. The molecule has 1 aliphatic carbocycles. The first-order valence-electron chi connectivity index (χ1n) is 15.4. The maximum atomic E-state index is 14.8. The van der Waals surface area contributed by atoms with E-state index in [1.165, 1.54) is 12.1 Å². The van der Waals surface area contributed by atoms with Gasteiger partial charge in [0.15, 0.2) is 0 Å². The number of allylic oxidation sites excluding steroid dienone is 2. The van der Waals surface area contributed by atoms with Crippen LogP contribution in [0.1, 0.15) is 87.3 Å². The topological polar surface area (TPSA) is 57.6 Å². The minimum absolute atomic E-state index is 0.183. The number of aryl methyl sites for hydroxylation is 1. The molecule has 2 aromatic rings. The summed E-state index contributed by atoms with van der Waals surface area (Å²) < 4.78 is 115. The number of sulfone groups is 1. The molecule has 0 aliphatic heterocycles. The lowest BCUT2D eigenvalue weighted by Gasteiger charge is -2.19. The second-order valence-electron chi connectivity index (χ2n) is 11.9. The van der Waals surface area contributed by atoms with Gasteiger partial charge in [-0.25, -0.2) is 17.2 Å². The van der Waals surface area contributed by atoms with Gasteiger partial charge in [0.25, 0.3) is 0 Å². The van der Waals surface area contributed by atoms with Crippen molar-refractivity contribution >= 4 is 21.0 Å². The second-order valence-corrected chi connectivity index (χ2v) is 14.2. The molecule has 0 amide bonds. The summed E-state index contributed by atoms with van der Waals surface area (Å²) in [5.74, 6) is -6.86. The summed E-state index contributed by atoms with van der Waals surface area (Å²) >= 11 is 0. The number of halogens is 7. The van der Waals surface area contributed by atoms with Crippen LogP contribution in [-0.4, -0.2) is 62.2 Å². The largest absolute Gasteiger partial charge is 0.508 e. The Balaban J connectivity index is 1.42. The van der Waals surface area contributed by atoms with Crippen molar-refractivity contribution in [2.75, 3.05) is 31.6 Å². The third-order valence-electron chi connectivity index (χ3n) is 8.23. The zero-order valence-electron chi connectivity index (χ0n) is 25.5. The Morgan fingerprint density at radius 3 is 2.13 bits per heavy atom. The van der Waals surface area contributed by atoms with Crippen molar-refractivity contribution in [3.63, 3.8) is 0 Å². The number of hydrogen-bond acceptors (Lipinski definition) is 4. The van der Waals surface area contributed by atoms with Crippen LogP contribution in [-0.2, 0) is 16.3 Å². The van der Waals surface area contributed by atoms with Crippen molar-refractivity contribution in [2.45, 2.75) is 89.1 Å². The molecule has 0 aromatic heterocycles. The van der Waals surface area contributed by atoms with E-state index < -0.39 is 52.2 Å². The number of alkyl halides is 5. The van der Waals surface area contributed by atoms with Gasteiger partial charge in [-0.1, -0.05) is 18.9 Å². The number of nitrogens with zero attached hydrogens (tertiary/aromatic N) is 1. The number of fused-ring (bicyclic) bond motifs is 1. The molecule has 0 fully saturated rings. The van der Waals surface area contributed by atoms with Crippen molar-refractivity contribution in [3.05, 3.63) is 64.7 Å². The van der Waals surface area contributed by atoms with Crippen LogP contribution in [0.2, 0.25) is 0 Å². The average molecular weight is 666 g/mol. The third kappa shape index (κ3) is 11.3.